The zero-order valence-electron chi connectivity index (χ0n) is 11.0. The molecular weight excluding hydrogens is 246 g/mol. The lowest BCUT2D eigenvalue weighted by Gasteiger charge is -2.17. The first kappa shape index (κ1) is 13.1. The second kappa shape index (κ2) is 5.55. The summed E-state index contributed by atoms with van der Waals surface area (Å²) in [7, 11) is 4.04. The minimum absolute atomic E-state index is 0.826. The molecule has 1 aromatic heterocycles. The second-order valence-electron chi connectivity index (χ2n) is 4.68. The monoisotopic (exact) mass is 263 g/mol. The van der Waals surface area contributed by atoms with Gasteiger partial charge in [-0.2, -0.15) is 5.10 Å². The van der Waals surface area contributed by atoms with Gasteiger partial charge in [0.1, 0.15) is 0 Å². The van der Waals surface area contributed by atoms with Crippen LogP contribution in [0.4, 0.5) is 0 Å². The van der Waals surface area contributed by atoms with E-state index in [2.05, 4.69) is 29.3 Å². The van der Waals surface area contributed by atoms with Crippen LogP contribution in [0.15, 0.2) is 30.5 Å². The highest BCUT2D eigenvalue weighted by atomic mass is 35.5. The van der Waals surface area contributed by atoms with Crippen LogP contribution in [-0.4, -0.2) is 21.7 Å². The molecule has 18 heavy (non-hydrogen) atoms. The van der Waals surface area contributed by atoms with Gasteiger partial charge in [0.05, 0.1) is 5.69 Å². The van der Waals surface area contributed by atoms with Crippen molar-refractivity contribution in [2.75, 3.05) is 7.05 Å². The second-order valence-corrected chi connectivity index (χ2v) is 5.08. The Labute approximate surface area is 113 Å². The molecule has 0 aliphatic heterocycles. The fourth-order valence-electron chi connectivity index (χ4n) is 2.07. The predicted octanol–water partition coefficient (Wildman–Crippen LogP) is 3.01. The number of hydrogen-bond donors (Lipinski definition) is 0. The number of aryl methyl sites for hydroxylation is 2. The summed E-state index contributed by atoms with van der Waals surface area (Å²) in [6.45, 7) is 3.76. The molecule has 0 radical (unpaired) electrons. The van der Waals surface area contributed by atoms with Gasteiger partial charge in [-0.05, 0) is 25.6 Å². The standard InChI is InChI=1S/C14H18ClN3/c1-11-13(10-18(3)16-11)9-17(2)8-12-6-4-5-7-14(12)15/h4-7,10H,8-9H2,1-3H3. The molecule has 0 spiro atoms. The fraction of sp³-hybridized carbons (Fsp3) is 0.357. The molecule has 0 aliphatic carbocycles. The van der Waals surface area contributed by atoms with E-state index >= 15 is 0 Å². The van der Waals surface area contributed by atoms with Crippen LogP contribution < -0.4 is 0 Å². The Bertz CT molecular complexity index is 534. The van der Waals surface area contributed by atoms with Crippen molar-refractivity contribution in [3.63, 3.8) is 0 Å². The number of benzene rings is 1. The van der Waals surface area contributed by atoms with Crippen molar-refractivity contribution in [1.82, 2.24) is 14.7 Å². The number of halogens is 1. The normalized spacial score (nSPS) is 11.2. The van der Waals surface area contributed by atoms with E-state index in [1.54, 1.807) is 0 Å². The number of nitrogens with zero attached hydrogens (tertiary/aromatic N) is 3. The molecule has 0 bridgehead atoms. The Morgan fingerprint density at radius 3 is 2.50 bits per heavy atom. The van der Waals surface area contributed by atoms with Crippen LogP contribution in [0.3, 0.4) is 0 Å². The van der Waals surface area contributed by atoms with E-state index in [9.17, 15) is 0 Å². The molecule has 2 rings (SSSR count). The Hall–Kier alpha value is -1.32. The van der Waals surface area contributed by atoms with Gasteiger partial charge >= 0.3 is 0 Å². The van der Waals surface area contributed by atoms with Crippen LogP contribution in [0.25, 0.3) is 0 Å². The van der Waals surface area contributed by atoms with Crippen LogP contribution in [0.5, 0.6) is 0 Å². The van der Waals surface area contributed by atoms with Gasteiger partial charge in [-0.3, -0.25) is 9.58 Å². The smallest absolute Gasteiger partial charge is 0.0638 e. The summed E-state index contributed by atoms with van der Waals surface area (Å²) >= 11 is 6.16. The first-order valence-corrected chi connectivity index (χ1v) is 6.35. The van der Waals surface area contributed by atoms with E-state index < -0.39 is 0 Å². The van der Waals surface area contributed by atoms with Crippen LogP contribution in [0, 0.1) is 6.92 Å². The van der Waals surface area contributed by atoms with Crippen LogP contribution >= 0.6 is 11.6 Å². The fourth-order valence-corrected chi connectivity index (χ4v) is 2.26. The first-order valence-electron chi connectivity index (χ1n) is 5.97. The van der Waals surface area contributed by atoms with Gasteiger partial charge in [0.15, 0.2) is 0 Å². The van der Waals surface area contributed by atoms with E-state index in [0.717, 1.165) is 29.4 Å². The van der Waals surface area contributed by atoms with Gasteiger partial charge in [-0.15, -0.1) is 0 Å². The molecule has 0 amide bonds. The van der Waals surface area contributed by atoms with E-state index in [1.807, 2.05) is 36.9 Å². The molecule has 2 aromatic rings. The quantitative estimate of drug-likeness (QED) is 0.846. The van der Waals surface area contributed by atoms with Gasteiger partial charge in [0, 0.05) is 36.9 Å². The topological polar surface area (TPSA) is 21.1 Å². The van der Waals surface area contributed by atoms with Crippen molar-refractivity contribution < 1.29 is 0 Å². The largest absolute Gasteiger partial charge is 0.298 e. The summed E-state index contributed by atoms with van der Waals surface area (Å²) in [5.41, 5.74) is 3.50. The minimum Gasteiger partial charge on any atom is -0.298 e. The Morgan fingerprint density at radius 2 is 1.89 bits per heavy atom. The lowest BCUT2D eigenvalue weighted by molar-refractivity contribution is 0.318. The van der Waals surface area contributed by atoms with E-state index in [-0.39, 0.29) is 0 Å². The molecule has 4 heteroatoms. The molecule has 0 N–H and O–H groups in total. The van der Waals surface area contributed by atoms with Crippen molar-refractivity contribution >= 4 is 11.6 Å². The van der Waals surface area contributed by atoms with Crippen LogP contribution in [0.1, 0.15) is 16.8 Å². The minimum atomic E-state index is 0.826. The number of hydrogen-bond acceptors (Lipinski definition) is 2. The average molecular weight is 264 g/mol. The van der Waals surface area contributed by atoms with E-state index in [0.29, 0.717) is 0 Å². The average Bonchev–Trinajstić information content (AvgIpc) is 2.61. The molecule has 1 aromatic carbocycles. The Kier molecular flexibility index (Phi) is 4.04. The lowest BCUT2D eigenvalue weighted by atomic mass is 10.2. The molecule has 0 saturated carbocycles. The van der Waals surface area contributed by atoms with Crippen molar-refractivity contribution in [3.8, 4) is 0 Å². The van der Waals surface area contributed by atoms with Crippen molar-refractivity contribution in [2.45, 2.75) is 20.0 Å². The van der Waals surface area contributed by atoms with E-state index in [1.165, 1.54) is 5.56 Å². The molecule has 0 fully saturated rings. The lowest BCUT2D eigenvalue weighted by Crippen LogP contribution is -2.17. The molecule has 0 unspecified atom stereocenters. The van der Waals surface area contributed by atoms with Crippen LogP contribution in [-0.2, 0) is 20.1 Å². The third-order valence-electron chi connectivity index (χ3n) is 2.95. The number of aromatic nitrogens is 2. The van der Waals surface area contributed by atoms with Gasteiger partial charge in [-0.25, -0.2) is 0 Å². The summed E-state index contributed by atoms with van der Waals surface area (Å²) < 4.78 is 1.86. The highest BCUT2D eigenvalue weighted by Gasteiger charge is 2.08. The summed E-state index contributed by atoms with van der Waals surface area (Å²) in [6, 6.07) is 7.97. The maximum atomic E-state index is 6.16. The summed E-state index contributed by atoms with van der Waals surface area (Å²) in [4.78, 5) is 2.24. The Morgan fingerprint density at radius 1 is 1.22 bits per heavy atom. The maximum Gasteiger partial charge on any atom is 0.0638 e. The molecule has 0 aliphatic rings. The predicted molar refractivity (Wildman–Crippen MR) is 74.6 cm³/mol. The van der Waals surface area contributed by atoms with Crippen LogP contribution in [0.2, 0.25) is 5.02 Å². The molecule has 0 saturated heterocycles. The number of rotatable bonds is 4. The van der Waals surface area contributed by atoms with Gasteiger partial charge < -0.3 is 0 Å². The highest BCUT2D eigenvalue weighted by molar-refractivity contribution is 6.31. The third-order valence-corrected chi connectivity index (χ3v) is 3.32. The molecule has 96 valence electrons. The molecule has 1 heterocycles. The Balaban J connectivity index is 2.03. The van der Waals surface area contributed by atoms with Gasteiger partial charge in [0.2, 0.25) is 0 Å². The summed E-state index contributed by atoms with van der Waals surface area (Å²) in [6.07, 6.45) is 2.07. The van der Waals surface area contributed by atoms with Crippen molar-refractivity contribution in [3.05, 3.63) is 52.3 Å². The zero-order chi connectivity index (χ0) is 13.1. The summed E-state index contributed by atoms with van der Waals surface area (Å²) in [5, 5.41) is 5.18. The van der Waals surface area contributed by atoms with Gasteiger partial charge in [-0.1, -0.05) is 29.8 Å². The molecule has 0 atom stereocenters. The SMILES string of the molecule is Cc1nn(C)cc1CN(C)Cc1ccccc1Cl. The summed E-state index contributed by atoms with van der Waals surface area (Å²) in [5.74, 6) is 0. The van der Waals surface area contributed by atoms with Gasteiger partial charge in [0.25, 0.3) is 0 Å². The molecular formula is C14H18ClN3. The molecule has 3 nitrogen and oxygen atoms in total. The highest BCUT2D eigenvalue weighted by Crippen LogP contribution is 2.17. The third kappa shape index (κ3) is 3.12. The van der Waals surface area contributed by atoms with E-state index in [4.69, 9.17) is 11.6 Å². The van der Waals surface area contributed by atoms with Crippen molar-refractivity contribution in [2.24, 2.45) is 7.05 Å². The zero-order valence-corrected chi connectivity index (χ0v) is 11.8. The maximum absolute atomic E-state index is 6.16. The van der Waals surface area contributed by atoms with Crippen molar-refractivity contribution in [1.29, 1.82) is 0 Å². The first-order chi connectivity index (χ1) is 8.56.